The number of nitrogens with two attached hydrogens (primary N) is 1. The van der Waals surface area contributed by atoms with E-state index in [1.807, 2.05) is 19.9 Å². The van der Waals surface area contributed by atoms with E-state index in [2.05, 4.69) is 6.92 Å². The van der Waals surface area contributed by atoms with Gasteiger partial charge in [0.15, 0.2) is 0 Å². The zero-order chi connectivity index (χ0) is 11.2. The molecule has 0 aromatic heterocycles. The molecule has 1 aromatic rings. The minimum absolute atomic E-state index is 0.124. The van der Waals surface area contributed by atoms with Crippen molar-refractivity contribution in [1.82, 2.24) is 0 Å². The zero-order valence-corrected chi connectivity index (χ0v) is 9.55. The summed E-state index contributed by atoms with van der Waals surface area (Å²) in [7, 11) is 0. The summed E-state index contributed by atoms with van der Waals surface area (Å²) < 4.78 is 13.8. The van der Waals surface area contributed by atoms with Crippen molar-refractivity contribution in [2.24, 2.45) is 17.6 Å². The number of hydrogen-bond acceptors (Lipinski definition) is 1. The van der Waals surface area contributed by atoms with E-state index in [1.165, 1.54) is 0 Å². The van der Waals surface area contributed by atoms with Crippen LogP contribution in [0.2, 0.25) is 0 Å². The highest BCUT2D eigenvalue weighted by Gasteiger charge is 2.39. The highest BCUT2D eigenvalue weighted by atomic mass is 19.1. The molecule has 1 aliphatic rings. The van der Waals surface area contributed by atoms with Gasteiger partial charge in [0.25, 0.3) is 0 Å². The molecule has 1 nitrogen and oxygen atoms in total. The van der Waals surface area contributed by atoms with Crippen LogP contribution in [0, 0.1) is 31.5 Å². The Morgan fingerprint density at radius 2 is 2.00 bits per heavy atom. The van der Waals surface area contributed by atoms with E-state index in [0.717, 1.165) is 23.1 Å². The molecule has 0 bridgehead atoms. The van der Waals surface area contributed by atoms with Gasteiger partial charge in [0.05, 0.1) is 0 Å². The SMILES string of the molecule is Cc1cc(C)c(C(N)C2CC2C)c(F)c1. The molecule has 0 spiro atoms. The molecule has 1 fully saturated rings. The van der Waals surface area contributed by atoms with Crippen LogP contribution in [0.15, 0.2) is 12.1 Å². The van der Waals surface area contributed by atoms with Crippen molar-refractivity contribution in [3.8, 4) is 0 Å². The van der Waals surface area contributed by atoms with Crippen molar-refractivity contribution in [3.63, 3.8) is 0 Å². The molecule has 15 heavy (non-hydrogen) atoms. The largest absolute Gasteiger partial charge is 0.324 e. The molecule has 2 N–H and O–H groups in total. The summed E-state index contributed by atoms with van der Waals surface area (Å²) in [5.41, 5.74) is 8.77. The molecule has 1 aromatic carbocycles. The maximum atomic E-state index is 13.8. The minimum Gasteiger partial charge on any atom is -0.324 e. The Morgan fingerprint density at radius 3 is 2.47 bits per heavy atom. The predicted octanol–water partition coefficient (Wildman–Crippen LogP) is 3.10. The molecule has 1 aliphatic carbocycles. The summed E-state index contributed by atoms with van der Waals surface area (Å²) in [5.74, 6) is 0.986. The van der Waals surface area contributed by atoms with Gasteiger partial charge >= 0.3 is 0 Å². The number of benzene rings is 1. The third-order valence-electron chi connectivity index (χ3n) is 3.45. The second-order valence-corrected chi connectivity index (χ2v) is 4.88. The Kier molecular flexibility index (Phi) is 2.55. The van der Waals surface area contributed by atoms with Crippen molar-refractivity contribution in [2.45, 2.75) is 33.2 Å². The van der Waals surface area contributed by atoms with Crippen LogP contribution < -0.4 is 5.73 Å². The summed E-state index contributed by atoms with van der Waals surface area (Å²) >= 11 is 0. The van der Waals surface area contributed by atoms with Crippen LogP contribution in [-0.2, 0) is 0 Å². The van der Waals surface area contributed by atoms with Gasteiger partial charge in [-0.2, -0.15) is 0 Å². The van der Waals surface area contributed by atoms with E-state index in [0.29, 0.717) is 11.8 Å². The fourth-order valence-electron chi connectivity index (χ4n) is 2.41. The molecule has 0 aliphatic heterocycles. The van der Waals surface area contributed by atoms with Crippen molar-refractivity contribution in [3.05, 3.63) is 34.6 Å². The van der Waals surface area contributed by atoms with Crippen LogP contribution >= 0.6 is 0 Å². The van der Waals surface area contributed by atoms with E-state index in [1.54, 1.807) is 6.07 Å². The predicted molar refractivity (Wildman–Crippen MR) is 60.1 cm³/mol. The Labute approximate surface area is 90.5 Å². The van der Waals surface area contributed by atoms with Crippen LogP contribution in [0.1, 0.15) is 36.1 Å². The average molecular weight is 207 g/mol. The highest BCUT2D eigenvalue weighted by molar-refractivity contribution is 5.35. The second-order valence-electron chi connectivity index (χ2n) is 4.88. The van der Waals surface area contributed by atoms with Gasteiger partial charge < -0.3 is 5.73 Å². The molecule has 0 radical (unpaired) electrons. The molecule has 82 valence electrons. The molecular weight excluding hydrogens is 189 g/mol. The molecule has 3 atom stereocenters. The number of hydrogen-bond donors (Lipinski definition) is 1. The first-order valence-corrected chi connectivity index (χ1v) is 5.53. The molecule has 3 unspecified atom stereocenters. The zero-order valence-electron chi connectivity index (χ0n) is 9.55. The van der Waals surface area contributed by atoms with Crippen LogP contribution in [0.5, 0.6) is 0 Å². The lowest BCUT2D eigenvalue weighted by atomic mass is 9.95. The van der Waals surface area contributed by atoms with Gasteiger partial charge in [-0.25, -0.2) is 4.39 Å². The van der Waals surface area contributed by atoms with Crippen LogP contribution in [0.4, 0.5) is 4.39 Å². The number of halogens is 1. The quantitative estimate of drug-likeness (QED) is 0.792. The van der Waals surface area contributed by atoms with Crippen molar-refractivity contribution < 1.29 is 4.39 Å². The Morgan fingerprint density at radius 1 is 1.40 bits per heavy atom. The van der Waals surface area contributed by atoms with Gasteiger partial charge in [0.2, 0.25) is 0 Å². The molecule has 1 saturated carbocycles. The van der Waals surface area contributed by atoms with Crippen molar-refractivity contribution in [1.29, 1.82) is 0 Å². The van der Waals surface area contributed by atoms with Gasteiger partial charge in [0.1, 0.15) is 5.82 Å². The third kappa shape index (κ3) is 1.91. The lowest BCUT2D eigenvalue weighted by Gasteiger charge is -2.16. The fraction of sp³-hybridized carbons (Fsp3) is 0.538. The minimum atomic E-state index is -0.140. The lowest BCUT2D eigenvalue weighted by molar-refractivity contribution is 0.533. The van der Waals surface area contributed by atoms with E-state index >= 15 is 0 Å². The van der Waals surface area contributed by atoms with Gasteiger partial charge in [0, 0.05) is 11.6 Å². The topological polar surface area (TPSA) is 26.0 Å². The monoisotopic (exact) mass is 207 g/mol. The average Bonchev–Trinajstić information content (AvgIpc) is 2.80. The van der Waals surface area contributed by atoms with Gasteiger partial charge in [-0.15, -0.1) is 0 Å². The summed E-state index contributed by atoms with van der Waals surface area (Å²) in [6.45, 7) is 6.02. The Bertz CT molecular complexity index is 363. The normalized spacial score (nSPS) is 26.5. The number of aryl methyl sites for hydroxylation is 2. The first-order chi connectivity index (χ1) is 7.00. The summed E-state index contributed by atoms with van der Waals surface area (Å²) in [4.78, 5) is 0. The highest BCUT2D eigenvalue weighted by Crippen LogP contribution is 2.46. The maximum absolute atomic E-state index is 13.8. The summed E-state index contributed by atoms with van der Waals surface area (Å²) in [6, 6.07) is 3.46. The Hall–Kier alpha value is -0.890. The molecule has 2 heteroatoms. The van der Waals surface area contributed by atoms with Crippen LogP contribution in [0.25, 0.3) is 0 Å². The summed E-state index contributed by atoms with van der Waals surface area (Å²) in [6.07, 6.45) is 1.13. The van der Waals surface area contributed by atoms with Crippen molar-refractivity contribution >= 4 is 0 Å². The lowest BCUT2D eigenvalue weighted by Crippen LogP contribution is -2.16. The van der Waals surface area contributed by atoms with Crippen LogP contribution in [0.3, 0.4) is 0 Å². The third-order valence-corrected chi connectivity index (χ3v) is 3.45. The first-order valence-electron chi connectivity index (χ1n) is 5.53. The molecule has 0 saturated heterocycles. The van der Waals surface area contributed by atoms with Crippen LogP contribution in [-0.4, -0.2) is 0 Å². The molecule has 0 heterocycles. The van der Waals surface area contributed by atoms with E-state index in [4.69, 9.17) is 5.73 Å². The first kappa shape index (κ1) is 10.6. The smallest absolute Gasteiger partial charge is 0.128 e. The molecule has 2 rings (SSSR count). The van der Waals surface area contributed by atoms with Crippen molar-refractivity contribution in [2.75, 3.05) is 0 Å². The number of rotatable bonds is 2. The molecule has 0 amide bonds. The van der Waals surface area contributed by atoms with E-state index in [-0.39, 0.29) is 11.9 Å². The summed E-state index contributed by atoms with van der Waals surface area (Å²) in [5, 5.41) is 0. The van der Waals surface area contributed by atoms with Gasteiger partial charge in [-0.1, -0.05) is 13.0 Å². The van der Waals surface area contributed by atoms with Gasteiger partial charge in [-0.3, -0.25) is 0 Å². The second kappa shape index (κ2) is 3.60. The fourth-order valence-corrected chi connectivity index (χ4v) is 2.41. The standard InChI is InChI=1S/C13H18FN/c1-7-4-9(3)12(11(14)5-7)13(15)10-6-8(10)2/h4-5,8,10,13H,6,15H2,1-3H3. The Balaban J connectivity index is 2.35. The van der Waals surface area contributed by atoms with E-state index in [9.17, 15) is 4.39 Å². The maximum Gasteiger partial charge on any atom is 0.128 e. The van der Waals surface area contributed by atoms with Gasteiger partial charge in [-0.05, 0) is 49.3 Å². The molecular formula is C13H18FN. The van der Waals surface area contributed by atoms with E-state index < -0.39 is 0 Å².